The van der Waals surface area contributed by atoms with Crippen molar-refractivity contribution >= 4 is 48.1 Å². The van der Waals surface area contributed by atoms with Gasteiger partial charge in [-0.3, -0.25) is 18.5 Å². The first-order valence-electron chi connectivity index (χ1n) is 22.9. The lowest BCUT2D eigenvalue weighted by molar-refractivity contribution is -0.138. The number of anilines is 1. The fourth-order valence-electron chi connectivity index (χ4n) is 7.94. The second-order valence-electron chi connectivity index (χ2n) is 17.8. The smallest absolute Gasteiger partial charge is 0.305 e. The summed E-state index contributed by atoms with van der Waals surface area (Å²) in [6.45, 7) is 12.1. The number of carbonyl (C=O) groups is 1. The van der Waals surface area contributed by atoms with Crippen LogP contribution in [0.4, 0.5) is 5.69 Å². The van der Waals surface area contributed by atoms with Gasteiger partial charge in [0.1, 0.15) is 24.7 Å². The van der Waals surface area contributed by atoms with Crippen LogP contribution < -0.4 is 14.8 Å². The first-order valence-corrected chi connectivity index (χ1v) is 27.5. The lowest BCUT2D eigenvalue weighted by atomic mass is 9.77. The zero-order chi connectivity index (χ0) is 51.6. The number of hydrogen-bond donors (Lipinski definition) is 4. The predicted molar refractivity (Wildman–Crippen MR) is 262 cm³/mol. The summed E-state index contributed by atoms with van der Waals surface area (Å²) in [4.78, 5) is 12.3. The number of carboxylic acids is 1. The van der Waals surface area contributed by atoms with Crippen LogP contribution >= 0.6 is 0 Å². The van der Waals surface area contributed by atoms with E-state index in [2.05, 4.69) is 20.8 Å². The molecule has 0 bridgehead atoms. The minimum absolute atomic E-state index is 0.00711. The molecule has 0 fully saturated rings. The van der Waals surface area contributed by atoms with Crippen LogP contribution in [0.25, 0.3) is 17.4 Å². The number of hydrogen-bond acceptors (Lipinski definition) is 15. The van der Waals surface area contributed by atoms with E-state index in [0.717, 1.165) is 16.5 Å². The maximum Gasteiger partial charge on any atom is 0.305 e. The van der Waals surface area contributed by atoms with Gasteiger partial charge in [0.2, 0.25) is 5.36 Å². The van der Waals surface area contributed by atoms with E-state index in [1.165, 1.54) is 12.1 Å². The molecule has 0 spiro atoms. The summed E-state index contributed by atoms with van der Waals surface area (Å²) in [5.41, 5.74) is 2.17. The summed E-state index contributed by atoms with van der Waals surface area (Å²) in [5, 5.41) is 9.48. The second kappa shape index (κ2) is 27.1. The van der Waals surface area contributed by atoms with Gasteiger partial charge in [-0.25, -0.2) is 4.58 Å². The van der Waals surface area contributed by atoms with Crippen molar-refractivity contribution in [1.29, 1.82) is 0 Å². The number of fused-ring (bicyclic) bond motifs is 2. The Morgan fingerprint density at radius 2 is 1.36 bits per heavy atom. The van der Waals surface area contributed by atoms with Crippen molar-refractivity contribution in [1.82, 2.24) is 4.58 Å². The molecule has 23 heteroatoms. The highest BCUT2D eigenvalue weighted by atomic mass is 32.2. The van der Waals surface area contributed by atoms with Crippen LogP contribution in [0, 0.1) is 0 Å². The van der Waals surface area contributed by atoms with E-state index < -0.39 is 53.2 Å². The zero-order valence-electron chi connectivity index (χ0n) is 40.5. The molecule has 0 aromatic heterocycles. The molecule has 0 saturated carbocycles. The first-order chi connectivity index (χ1) is 32.9. The Morgan fingerprint density at radius 1 is 0.757 bits per heavy atom. The van der Waals surface area contributed by atoms with E-state index in [1.54, 1.807) is 25.3 Å². The summed E-state index contributed by atoms with van der Waals surface area (Å²) in [6, 6.07) is 11.9. The molecule has 392 valence electrons. The van der Waals surface area contributed by atoms with E-state index in [4.69, 9.17) is 37.9 Å². The molecule has 4 N–H and O–H groups in total. The molecule has 1 aliphatic carbocycles. The van der Waals surface area contributed by atoms with Crippen molar-refractivity contribution in [3.63, 3.8) is 0 Å². The molecule has 0 saturated heterocycles. The largest absolute Gasteiger partial charge is 0.481 e. The third-order valence-electron chi connectivity index (χ3n) is 11.3. The number of allylic oxidation sites excluding steroid dienone is 3. The van der Waals surface area contributed by atoms with Gasteiger partial charge in [0.05, 0.1) is 95.0 Å². The first kappa shape index (κ1) is 58.5. The molecule has 2 heterocycles. The topological polar surface area (TPSA) is 275 Å². The highest BCUT2D eigenvalue weighted by molar-refractivity contribution is 7.86. The van der Waals surface area contributed by atoms with Crippen LogP contribution in [0.5, 0.6) is 0 Å². The average molecular weight is 1050 g/mol. The summed E-state index contributed by atoms with van der Waals surface area (Å²) >= 11 is 0. The molecule has 1 aromatic rings. The third kappa shape index (κ3) is 19.1. The van der Waals surface area contributed by atoms with Crippen molar-refractivity contribution in [2.45, 2.75) is 69.1 Å². The molecule has 3 aliphatic rings. The molecule has 0 radical (unpaired) electrons. The molecule has 1 aromatic carbocycles. The number of methoxy groups -OCH3 is 1. The quantitative estimate of drug-likeness (QED) is 0.0380. The SMILES string of the molecule is COCCOCCOCC[N+](CCCS(=O)(=O)O)=c1ccc2c(C(C)(C)C)cc(C=CC=C3N(CCOCCOCCOCCC(=O)O)c4ccc(S(=O)(=O)O)cc4C3(C)CCCS(=O)(=O)O)oc-2c1. The second-order valence-corrected chi connectivity index (χ2v) is 22.3. The Labute approximate surface area is 411 Å². The maximum absolute atomic E-state index is 12.4. The van der Waals surface area contributed by atoms with E-state index in [0.29, 0.717) is 68.0 Å². The molecule has 1 atom stereocenters. The Kier molecular flexibility index (Phi) is 22.6. The van der Waals surface area contributed by atoms with Crippen LogP contribution in [0.1, 0.15) is 70.3 Å². The van der Waals surface area contributed by atoms with Crippen molar-refractivity contribution in [2.75, 3.05) is 116 Å². The fraction of sp³-hybridized carbons (Fsp3) is 0.574. The number of ether oxygens (including phenoxy) is 6. The zero-order valence-corrected chi connectivity index (χ0v) is 43.0. The Bertz CT molecular complexity index is 2620. The van der Waals surface area contributed by atoms with Crippen molar-refractivity contribution < 1.29 is 81.7 Å². The normalized spacial score (nSPS) is 16.7. The van der Waals surface area contributed by atoms with Gasteiger partial charge in [0.15, 0.2) is 6.54 Å². The number of carboxylic acid groups (broad SMARTS) is 1. The van der Waals surface area contributed by atoms with Gasteiger partial charge in [0, 0.05) is 48.5 Å². The highest BCUT2D eigenvalue weighted by Crippen LogP contribution is 2.51. The van der Waals surface area contributed by atoms with Gasteiger partial charge in [-0.2, -0.15) is 25.3 Å². The monoisotopic (exact) mass is 1050 g/mol. The number of benzene rings is 2. The van der Waals surface area contributed by atoms with E-state index in [1.807, 2.05) is 46.7 Å². The summed E-state index contributed by atoms with van der Waals surface area (Å²) < 4.78 is 142. The number of aliphatic carboxylic acids is 1. The minimum atomic E-state index is -4.64. The van der Waals surface area contributed by atoms with Crippen LogP contribution in [-0.4, -0.2) is 161 Å². The molecular formula is C47H69N2O18S3+. The van der Waals surface area contributed by atoms with E-state index in [9.17, 15) is 43.7 Å². The molecule has 2 aliphatic heterocycles. The van der Waals surface area contributed by atoms with E-state index in [-0.39, 0.29) is 88.7 Å². The predicted octanol–water partition coefficient (Wildman–Crippen LogP) is 4.53. The third-order valence-corrected chi connectivity index (χ3v) is 13.8. The standard InChI is InChI=1S/C47H68N2O18S3/c1-46(2,3)40-34-37(67-43-33-36(11-13-39(40)43)48(17-8-32-69(55,56)57)18-21-63-26-29-65-24-23-61-5)9-6-10-44-47(4,16-7-31-68(52,53)54)41-35-38(70(58,59)60)12-14-42(41)49(44)19-22-64-27-30-66-28-25-62-20-15-45(50)51/h6,9-14,33-35H,7-8,15-32H2,1-5H3,(H3-,50,51,52,53,54,55,56,57,58,59,60)/p+1. The Morgan fingerprint density at radius 3 is 1.96 bits per heavy atom. The van der Waals surface area contributed by atoms with Crippen molar-refractivity contribution in [3.8, 4) is 11.3 Å². The van der Waals surface area contributed by atoms with Gasteiger partial charge in [0.25, 0.3) is 30.4 Å². The molecule has 1 unspecified atom stereocenters. The van der Waals surface area contributed by atoms with Crippen molar-refractivity contribution in [3.05, 3.63) is 82.6 Å². The molecular weight excluding hydrogens is 977 g/mol. The molecule has 70 heavy (non-hydrogen) atoms. The lowest BCUT2D eigenvalue weighted by Gasteiger charge is -2.30. The van der Waals surface area contributed by atoms with Crippen molar-refractivity contribution in [2.24, 2.45) is 0 Å². The molecule has 0 amide bonds. The lowest BCUT2D eigenvalue weighted by Crippen LogP contribution is -2.35. The number of rotatable bonds is 32. The summed E-state index contributed by atoms with van der Waals surface area (Å²) in [7, 11) is -11.6. The Hall–Kier alpha value is -4.11. The minimum Gasteiger partial charge on any atom is -0.481 e. The summed E-state index contributed by atoms with van der Waals surface area (Å²) in [6.07, 6.45) is 5.56. The average Bonchev–Trinajstić information content (AvgIpc) is 3.49. The van der Waals surface area contributed by atoms with E-state index >= 15 is 0 Å². The van der Waals surface area contributed by atoms with Crippen LogP contribution in [-0.2, 0) is 74.4 Å². The van der Waals surface area contributed by atoms with Crippen LogP contribution in [0.15, 0.2) is 69.6 Å². The molecule has 4 rings (SSSR count). The van der Waals surface area contributed by atoms with Gasteiger partial charge < -0.3 is 42.8 Å². The maximum atomic E-state index is 12.4. The highest BCUT2D eigenvalue weighted by Gasteiger charge is 2.44. The number of nitrogens with zero attached hydrogens (tertiary/aromatic N) is 2. The van der Waals surface area contributed by atoms with Crippen LogP contribution in [0.2, 0.25) is 0 Å². The fourth-order valence-corrected chi connectivity index (χ4v) is 9.45. The molecule has 20 nitrogen and oxygen atoms in total. The van der Waals surface area contributed by atoms with Crippen LogP contribution in [0.3, 0.4) is 0 Å². The Balaban J connectivity index is 1.73. The summed E-state index contributed by atoms with van der Waals surface area (Å²) in [5.74, 6) is -0.910. The van der Waals surface area contributed by atoms with Gasteiger partial charge >= 0.3 is 5.97 Å². The van der Waals surface area contributed by atoms with Gasteiger partial charge in [-0.1, -0.05) is 26.8 Å². The van der Waals surface area contributed by atoms with Gasteiger partial charge in [-0.15, -0.1) is 0 Å². The van der Waals surface area contributed by atoms with Gasteiger partial charge in [-0.05, 0) is 78.8 Å².